The van der Waals surface area contributed by atoms with Crippen LogP contribution in [0.3, 0.4) is 0 Å². The monoisotopic (exact) mass is 326 g/mol. The summed E-state index contributed by atoms with van der Waals surface area (Å²) < 4.78 is 5.46. The molecule has 3 fully saturated rings. The Morgan fingerprint density at radius 2 is 1.74 bits per heavy atom. The summed E-state index contributed by atoms with van der Waals surface area (Å²) in [4.78, 5) is 16.1. The molecular weight excluding hydrogens is 296 g/mol. The lowest BCUT2D eigenvalue weighted by atomic mass is 9.64. The van der Waals surface area contributed by atoms with Crippen molar-refractivity contribution in [3.05, 3.63) is 0 Å². The van der Waals surface area contributed by atoms with E-state index >= 15 is 0 Å². The fourth-order valence-electron chi connectivity index (χ4n) is 4.73. The first-order chi connectivity index (χ1) is 11.2. The van der Waals surface area contributed by atoms with Crippen molar-refractivity contribution in [2.45, 2.75) is 38.1 Å². The summed E-state index contributed by atoms with van der Waals surface area (Å²) in [7, 11) is 0. The zero-order chi connectivity index (χ0) is 16.3. The molecule has 3 rings (SSSR count). The fourth-order valence-corrected chi connectivity index (χ4v) is 4.73. The lowest BCUT2D eigenvalue weighted by molar-refractivity contribution is -0.141. The topological polar surface area (TPSA) is 73.2 Å². The number of carbonyl (C=O) groups excluding carboxylic acids is 1. The molecule has 0 bridgehead atoms. The minimum absolute atomic E-state index is 0.131. The van der Waals surface area contributed by atoms with Crippen LogP contribution in [0.5, 0.6) is 0 Å². The Labute approximate surface area is 138 Å². The van der Waals surface area contributed by atoms with E-state index in [9.17, 15) is 9.90 Å². The highest BCUT2D eigenvalue weighted by Crippen LogP contribution is 2.45. The number of hydrogen-bond donors (Lipinski definition) is 2. The van der Waals surface area contributed by atoms with E-state index in [1.165, 1.54) is 0 Å². The van der Waals surface area contributed by atoms with Gasteiger partial charge in [0.1, 0.15) is 6.61 Å². The first-order valence-corrected chi connectivity index (χ1v) is 9.00. The molecule has 132 valence electrons. The van der Waals surface area contributed by atoms with E-state index in [1.54, 1.807) is 4.90 Å². The van der Waals surface area contributed by atoms with Crippen LogP contribution >= 0.6 is 0 Å². The van der Waals surface area contributed by atoms with Crippen LogP contribution in [0.15, 0.2) is 0 Å². The maximum atomic E-state index is 11.7. The molecule has 0 unspecified atom stereocenters. The van der Waals surface area contributed by atoms with Crippen LogP contribution in [0.2, 0.25) is 0 Å². The third kappa shape index (κ3) is 3.55. The number of rotatable bonds is 3. The number of nitrogens with zero attached hydrogens (tertiary/aromatic N) is 2. The third-order valence-electron chi connectivity index (χ3n) is 6.40. The first kappa shape index (κ1) is 17.1. The maximum absolute atomic E-state index is 11.7. The van der Waals surface area contributed by atoms with Crippen LogP contribution in [0, 0.1) is 11.3 Å². The lowest BCUT2D eigenvalue weighted by Gasteiger charge is -2.52. The Hall–Kier alpha value is -0.690. The quantitative estimate of drug-likeness (QED) is 0.768. The SMILES string of the molecule is O=C(CO)N1CCC2(CCN(C3CCOCC3)CC2)[C@@H](CO)C1. The van der Waals surface area contributed by atoms with Gasteiger partial charge in [-0.25, -0.2) is 0 Å². The average Bonchev–Trinajstić information content (AvgIpc) is 2.63. The number of aliphatic hydroxyl groups is 2. The van der Waals surface area contributed by atoms with E-state index in [0.717, 1.165) is 58.4 Å². The second kappa shape index (κ2) is 7.47. The molecule has 6 heteroatoms. The fraction of sp³-hybridized carbons (Fsp3) is 0.941. The number of aliphatic hydroxyl groups excluding tert-OH is 2. The minimum atomic E-state index is -0.428. The van der Waals surface area contributed by atoms with Gasteiger partial charge in [0.05, 0.1) is 0 Å². The Morgan fingerprint density at radius 3 is 2.35 bits per heavy atom. The smallest absolute Gasteiger partial charge is 0.248 e. The van der Waals surface area contributed by atoms with Crippen LogP contribution in [-0.2, 0) is 9.53 Å². The summed E-state index contributed by atoms with van der Waals surface area (Å²) in [5, 5.41) is 18.9. The van der Waals surface area contributed by atoms with Gasteiger partial charge in [-0.15, -0.1) is 0 Å². The highest BCUT2D eigenvalue weighted by atomic mass is 16.5. The predicted molar refractivity (Wildman–Crippen MR) is 85.9 cm³/mol. The number of ether oxygens (including phenoxy) is 1. The van der Waals surface area contributed by atoms with Crippen LogP contribution in [0.25, 0.3) is 0 Å². The highest BCUT2D eigenvalue weighted by Gasteiger charge is 2.45. The van der Waals surface area contributed by atoms with Crippen molar-refractivity contribution < 1.29 is 19.7 Å². The van der Waals surface area contributed by atoms with Gasteiger partial charge in [-0.1, -0.05) is 0 Å². The van der Waals surface area contributed by atoms with E-state index in [2.05, 4.69) is 4.90 Å². The largest absolute Gasteiger partial charge is 0.396 e. The number of hydrogen-bond acceptors (Lipinski definition) is 5. The van der Waals surface area contributed by atoms with Crippen molar-refractivity contribution >= 4 is 5.91 Å². The van der Waals surface area contributed by atoms with E-state index in [1.807, 2.05) is 0 Å². The second-order valence-electron chi connectivity index (χ2n) is 7.37. The van der Waals surface area contributed by atoms with E-state index < -0.39 is 6.61 Å². The molecule has 0 saturated carbocycles. The Balaban J connectivity index is 1.59. The minimum Gasteiger partial charge on any atom is -0.396 e. The van der Waals surface area contributed by atoms with Gasteiger partial charge in [0.25, 0.3) is 0 Å². The van der Waals surface area contributed by atoms with Crippen LogP contribution in [0.1, 0.15) is 32.1 Å². The summed E-state index contributed by atoms with van der Waals surface area (Å²) >= 11 is 0. The Kier molecular flexibility index (Phi) is 5.57. The Morgan fingerprint density at radius 1 is 1.09 bits per heavy atom. The van der Waals surface area contributed by atoms with Gasteiger partial charge in [0, 0.05) is 44.9 Å². The van der Waals surface area contributed by atoms with Crippen molar-refractivity contribution in [3.63, 3.8) is 0 Å². The van der Waals surface area contributed by atoms with Crippen molar-refractivity contribution in [2.75, 3.05) is 52.6 Å². The molecule has 1 spiro atoms. The molecule has 1 atom stereocenters. The predicted octanol–water partition coefficient (Wildman–Crippen LogP) is 0.0807. The third-order valence-corrected chi connectivity index (χ3v) is 6.40. The van der Waals surface area contributed by atoms with Crippen LogP contribution in [-0.4, -0.2) is 84.6 Å². The number of likely N-dealkylation sites (tertiary alicyclic amines) is 2. The molecule has 0 aliphatic carbocycles. The maximum Gasteiger partial charge on any atom is 0.248 e. The van der Waals surface area contributed by atoms with Crippen molar-refractivity contribution in [1.29, 1.82) is 0 Å². The normalized spacial score (nSPS) is 29.8. The lowest BCUT2D eigenvalue weighted by Crippen LogP contribution is -2.56. The van der Waals surface area contributed by atoms with Gasteiger partial charge < -0.3 is 24.7 Å². The van der Waals surface area contributed by atoms with Gasteiger partial charge >= 0.3 is 0 Å². The number of amides is 1. The van der Waals surface area contributed by atoms with Crippen molar-refractivity contribution in [2.24, 2.45) is 11.3 Å². The standard InChI is InChI=1S/C17H30N2O4/c20-12-14-11-19(16(22)13-21)8-5-17(14)3-6-18(7-4-17)15-1-9-23-10-2-15/h14-15,20-21H,1-13H2/t14-/m1/s1. The van der Waals surface area contributed by atoms with Gasteiger partial charge in [0.2, 0.25) is 5.91 Å². The van der Waals surface area contributed by atoms with Crippen molar-refractivity contribution in [3.8, 4) is 0 Å². The molecule has 3 aliphatic rings. The zero-order valence-electron chi connectivity index (χ0n) is 14.0. The molecule has 1 amide bonds. The summed E-state index contributed by atoms with van der Waals surface area (Å²) in [6, 6.07) is 0.657. The molecule has 0 aromatic heterocycles. The van der Waals surface area contributed by atoms with Crippen molar-refractivity contribution in [1.82, 2.24) is 9.80 Å². The molecule has 3 aliphatic heterocycles. The molecule has 0 aromatic rings. The second-order valence-corrected chi connectivity index (χ2v) is 7.37. The number of carbonyl (C=O) groups is 1. The van der Waals surface area contributed by atoms with Gasteiger partial charge in [-0.2, -0.15) is 0 Å². The molecule has 6 nitrogen and oxygen atoms in total. The van der Waals surface area contributed by atoms with E-state index in [0.29, 0.717) is 19.1 Å². The summed E-state index contributed by atoms with van der Waals surface area (Å²) in [6.07, 6.45) is 5.43. The van der Waals surface area contributed by atoms with Crippen LogP contribution in [0.4, 0.5) is 0 Å². The molecule has 0 radical (unpaired) electrons. The molecule has 23 heavy (non-hydrogen) atoms. The summed E-state index contributed by atoms with van der Waals surface area (Å²) in [5.41, 5.74) is 0.169. The van der Waals surface area contributed by atoms with Crippen LogP contribution < -0.4 is 0 Å². The molecule has 2 N–H and O–H groups in total. The average molecular weight is 326 g/mol. The number of piperidine rings is 2. The molecule has 3 saturated heterocycles. The van der Waals surface area contributed by atoms with E-state index in [4.69, 9.17) is 9.84 Å². The zero-order valence-corrected chi connectivity index (χ0v) is 14.0. The van der Waals surface area contributed by atoms with Gasteiger partial charge in [-0.05, 0) is 50.6 Å². The van der Waals surface area contributed by atoms with E-state index in [-0.39, 0.29) is 23.8 Å². The van der Waals surface area contributed by atoms with Gasteiger partial charge in [0.15, 0.2) is 0 Å². The summed E-state index contributed by atoms with van der Waals surface area (Å²) in [5.74, 6) is -0.0680. The molecule has 3 heterocycles. The molecule has 0 aromatic carbocycles. The van der Waals surface area contributed by atoms with Gasteiger partial charge in [-0.3, -0.25) is 4.79 Å². The summed E-state index contributed by atoms with van der Waals surface area (Å²) in [6.45, 7) is 4.95. The Bertz CT molecular complexity index is 403. The molecular formula is C17H30N2O4. The highest BCUT2D eigenvalue weighted by molar-refractivity contribution is 5.77. The first-order valence-electron chi connectivity index (χ1n) is 9.00.